The van der Waals surface area contributed by atoms with Crippen molar-refractivity contribution in [2.45, 2.75) is 45.2 Å². The third-order valence-corrected chi connectivity index (χ3v) is 4.53. The van der Waals surface area contributed by atoms with Crippen LogP contribution in [0.5, 0.6) is 0 Å². The van der Waals surface area contributed by atoms with Crippen molar-refractivity contribution < 1.29 is 29.3 Å². The summed E-state index contributed by atoms with van der Waals surface area (Å²) in [5.41, 5.74) is 2.80. The molecule has 1 aliphatic carbocycles. The summed E-state index contributed by atoms with van der Waals surface area (Å²) in [6.45, 7) is 3.25. The molecule has 0 aromatic heterocycles. The number of nitrogens with zero attached hydrogens (tertiary/aromatic N) is 1. The number of rotatable bonds is 6. The second-order valence-electron chi connectivity index (χ2n) is 6.68. The molecule has 1 aromatic carbocycles. The number of ether oxygens (including phenoxy) is 1. The lowest BCUT2D eigenvalue weighted by atomic mass is 9.89. The molecule has 1 aliphatic rings. The molecular weight excluding hydrogens is 374 g/mol. The van der Waals surface area contributed by atoms with Gasteiger partial charge in [-0.1, -0.05) is 48.1 Å². The van der Waals surface area contributed by atoms with Crippen molar-refractivity contribution in [2.24, 2.45) is 0 Å². The van der Waals surface area contributed by atoms with Gasteiger partial charge in [0.1, 0.15) is 0 Å². The van der Waals surface area contributed by atoms with Crippen LogP contribution in [0.2, 0.25) is 0 Å². The number of aliphatic carboxylic acids is 2. The number of carbonyl (C=O) groups excluding carboxylic acids is 1. The van der Waals surface area contributed by atoms with Gasteiger partial charge in [0.2, 0.25) is 0 Å². The zero-order valence-corrected chi connectivity index (χ0v) is 16.9. The molecule has 0 bridgehead atoms. The van der Waals surface area contributed by atoms with Crippen molar-refractivity contribution >= 4 is 17.9 Å². The first-order chi connectivity index (χ1) is 13.8. The van der Waals surface area contributed by atoms with Crippen molar-refractivity contribution in [1.82, 2.24) is 4.90 Å². The van der Waals surface area contributed by atoms with Gasteiger partial charge in [0.15, 0.2) is 0 Å². The first-order valence-electron chi connectivity index (χ1n) is 9.56. The summed E-state index contributed by atoms with van der Waals surface area (Å²) in [5, 5.41) is 14.8. The monoisotopic (exact) mass is 403 g/mol. The SMILES string of the molecule is CCOC(=O)C=CC=C1CCC(N(C)Cc2ccccc2)CC1.O=C(O)C(=O)O. The van der Waals surface area contributed by atoms with E-state index in [0.717, 1.165) is 19.4 Å². The van der Waals surface area contributed by atoms with Crippen molar-refractivity contribution in [3.63, 3.8) is 0 Å². The molecule has 0 aliphatic heterocycles. The van der Waals surface area contributed by atoms with Gasteiger partial charge in [-0.05, 0) is 45.2 Å². The molecule has 0 heterocycles. The van der Waals surface area contributed by atoms with E-state index >= 15 is 0 Å². The highest BCUT2D eigenvalue weighted by molar-refractivity contribution is 6.27. The first kappa shape index (κ1) is 24.1. The van der Waals surface area contributed by atoms with E-state index in [-0.39, 0.29) is 5.97 Å². The van der Waals surface area contributed by atoms with Gasteiger partial charge in [-0.15, -0.1) is 0 Å². The molecule has 29 heavy (non-hydrogen) atoms. The Kier molecular flexibility index (Phi) is 11.0. The summed E-state index contributed by atoms with van der Waals surface area (Å²) >= 11 is 0. The van der Waals surface area contributed by atoms with Gasteiger partial charge >= 0.3 is 17.9 Å². The fraction of sp³-hybridized carbons (Fsp3) is 0.409. The number of hydrogen-bond donors (Lipinski definition) is 2. The fourth-order valence-electron chi connectivity index (χ4n) is 3.03. The smallest absolute Gasteiger partial charge is 0.414 e. The summed E-state index contributed by atoms with van der Waals surface area (Å²) in [5.74, 6) is -3.91. The zero-order valence-electron chi connectivity index (χ0n) is 16.9. The molecule has 0 saturated heterocycles. The summed E-state index contributed by atoms with van der Waals surface area (Å²) < 4.78 is 4.87. The number of esters is 1. The number of allylic oxidation sites excluding steroid dienone is 3. The second kappa shape index (κ2) is 13.3. The maximum atomic E-state index is 11.3. The summed E-state index contributed by atoms with van der Waals surface area (Å²) in [7, 11) is 2.22. The molecule has 0 radical (unpaired) electrons. The molecule has 0 spiro atoms. The highest BCUT2D eigenvalue weighted by Crippen LogP contribution is 2.27. The third kappa shape index (κ3) is 10.3. The van der Waals surface area contributed by atoms with E-state index in [1.54, 1.807) is 0 Å². The van der Waals surface area contributed by atoms with Crippen molar-refractivity contribution in [3.8, 4) is 0 Å². The Balaban J connectivity index is 0.000000612. The van der Waals surface area contributed by atoms with Crippen LogP contribution < -0.4 is 0 Å². The van der Waals surface area contributed by atoms with Gasteiger partial charge < -0.3 is 14.9 Å². The normalized spacial score (nSPS) is 16.1. The maximum Gasteiger partial charge on any atom is 0.414 e. The maximum absolute atomic E-state index is 11.3. The number of carbonyl (C=O) groups is 3. The molecule has 2 N–H and O–H groups in total. The van der Waals surface area contributed by atoms with E-state index in [1.165, 1.54) is 30.1 Å². The minimum absolute atomic E-state index is 0.263. The molecule has 1 fully saturated rings. The van der Waals surface area contributed by atoms with Crippen molar-refractivity contribution in [2.75, 3.05) is 13.7 Å². The number of hydrogen-bond acceptors (Lipinski definition) is 5. The largest absolute Gasteiger partial charge is 0.473 e. The van der Waals surface area contributed by atoms with E-state index in [0.29, 0.717) is 12.6 Å². The van der Waals surface area contributed by atoms with Crippen LogP contribution in [0.4, 0.5) is 0 Å². The van der Waals surface area contributed by atoms with E-state index in [9.17, 15) is 4.79 Å². The Hall–Kier alpha value is -2.93. The highest BCUT2D eigenvalue weighted by Gasteiger charge is 2.20. The molecule has 0 unspecified atom stereocenters. The Morgan fingerprint density at radius 3 is 2.21 bits per heavy atom. The van der Waals surface area contributed by atoms with Crippen LogP contribution in [-0.4, -0.2) is 52.7 Å². The predicted molar refractivity (Wildman–Crippen MR) is 109 cm³/mol. The first-order valence-corrected chi connectivity index (χ1v) is 9.56. The zero-order chi connectivity index (χ0) is 21.6. The molecule has 1 aromatic rings. The topological polar surface area (TPSA) is 104 Å². The standard InChI is InChI=1S/C20H27NO2.C2H2O4/c1-3-23-20(22)11-7-10-17-12-14-19(15-13-17)21(2)16-18-8-5-4-6-9-18;3-1(4)2(5)6/h4-11,19H,3,12-16H2,1-2H3;(H,3,4)(H,5,6). The van der Waals surface area contributed by atoms with Gasteiger partial charge in [0.05, 0.1) is 6.61 Å². The summed E-state index contributed by atoms with van der Waals surface area (Å²) in [4.78, 5) is 31.9. The predicted octanol–water partition coefficient (Wildman–Crippen LogP) is 3.26. The van der Waals surface area contributed by atoms with Gasteiger partial charge in [0, 0.05) is 18.7 Å². The fourth-order valence-corrected chi connectivity index (χ4v) is 3.03. The molecule has 1 saturated carbocycles. The number of benzene rings is 1. The average Bonchev–Trinajstić information content (AvgIpc) is 2.70. The van der Waals surface area contributed by atoms with E-state index < -0.39 is 11.9 Å². The van der Waals surface area contributed by atoms with Crippen LogP contribution in [0.1, 0.15) is 38.2 Å². The lowest BCUT2D eigenvalue weighted by Crippen LogP contribution is -2.33. The van der Waals surface area contributed by atoms with Crippen LogP contribution in [0.3, 0.4) is 0 Å². The lowest BCUT2D eigenvalue weighted by Gasteiger charge is -2.32. The molecule has 2 rings (SSSR count). The quantitative estimate of drug-likeness (QED) is 0.427. The molecule has 7 nitrogen and oxygen atoms in total. The third-order valence-electron chi connectivity index (χ3n) is 4.53. The Bertz CT molecular complexity index is 704. The van der Waals surface area contributed by atoms with Gasteiger partial charge in [-0.2, -0.15) is 0 Å². The lowest BCUT2D eigenvalue weighted by molar-refractivity contribution is -0.159. The Morgan fingerprint density at radius 1 is 1.10 bits per heavy atom. The van der Waals surface area contributed by atoms with Crippen molar-refractivity contribution in [3.05, 3.63) is 59.7 Å². The van der Waals surface area contributed by atoms with Gasteiger partial charge in [-0.25, -0.2) is 14.4 Å². The molecular formula is C22H29NO6. The minimum atomic E-state index is -1.82. The number of carboxylic acids is 2. The molecule has 7 heteroatoms. The van der Waals surface area contributed by atoms with E-state index in [2.05, 4.69) is 48.4 Å². The molecule has 158 valence electrons. The molecule has 0 amide bonds. The molecule has 0 atom stereocenters. The van der Waals surface area contributed by atoms with Crippen LogP contribution in [0.15, 0.2) is 54.1 Å². The second-order valence-corrected chi connectivity index (χ2v) is 6.68. The van der Waals surface area contributed by atoms with Gasteiger partial charge in [0.25, 0.3) is 0 Å². The summed E-state index contributed by atoms with van der Waals surface area (Å²) in [6, 6.07) is 11.3. The minimum Gasteiger partial charge on any atom is -0.473 e. The van der Waals surface area contributed by atoms with Crippen LogP contribution >= 0.6 is 0 Å². The van der Waals surface area contributed by atoms with E-state index in [1.807, 2.05) is 13.0 Å². The highest BCUT2D eigenvalue weighted by atomic mass is 16.5. The Labute approximate surface area is 171 Å². The Morgan fingerprint density at radius 2 is 1.69 bits per heavy atom. The number of carboxylic acid groups (broad SMARTS) is 2. The average molecular weight is 403 g/mol. The van der Waals surface area contributed by atoms with Crippen LogP contribution in [0.25, 0.3) is 0 Å². The summed E-state index contributed by atoms with van der Waals surface area (Å²) in [6.07, 6.45) is 9.98. The van der Waals surface area contributed by atoms with Crippen molar-refractivity contribution in [1.29, 1.82) is 0 Å². The van der Waals surface area contributed by atoms with Gasteiger partial charge in [-0.3, -0.25) is 4.90 Å². The van der Waals surface area contributed by atoms with Crippen LogP contribution in [-0.2, 0) is 25.7 Å². The van der Waals surface area contributed by atoms with Crippen LogP contribution in [0, 0.1) is 0 Å². The van der Waals surface area contributed by atoms with E-state index in [4.69, 9.17) is 24.5 Å².